The average Bonchev–Trinajstić information content (AvgIpc) is 3.00. The van der Waals surface area contributed by atoms with Gasteiger partial charge in [0.25, 0.3) is 0 Å². The number of imidazole rings is 2. The molecule has 0 radical (unpaired) electrons. The van der Waals surface area contributed by atoms with Gasteiger partial charge in [-0.2, -0.15) is 0 Å². The summed E-state index contributed by atoms with van der Waals surface area (Å²) in [5.41, 5.74) is 0. The Bertz CT molecular complexity index is 404. The first-order chi connectivity index (χ1) is 9.36. The summed E-state index contributed by atoms with van der Waals surface area (Å²) in [6, 6.07) is 0.549. The summed E-state index contributed by atoms with van der Waals surface area (Å²) in [6.45, 7) is 3.49. The van der Waals surface area contributed by atoms with Crippen molar-refractivity contribution in [2.75, 3.05) is 26.4 Å². The number of halogens is 1. The van der Waals surface area contributed by atoms with Crippen LogP contribution in [0.5, 0.6) is 0 Å². The number of nitrogens with one attached hydrogen (secondary N) is 1. The summed E-state index contributed by atoms with van der Waals surface area (Å²) in [5, 5.41) is 0. The summed E-state index contributed by atoms with van der Waals surface area (Å²) < 4.78 is 11.9. The Morgan fingerprint density at radius 2 is 1.76 bits per heavy atom. The zero-order valence-corrected chi connectivity index (χ0v) is 15.5. The number of hydrogen-bond donors (Lipinski definition) is 1. The van der Waals surface area contributed by atoms with Crippen LogP contribution < -0.4 is 29.6 Å². The molecule has 0 aromatic carbocycles. The van der Waals surface area contributed by atoms with E-state index in [9.17, 15) is 0 Å². The van der Waals surface area contributed by atoms with E-state index in [1.54, 1.807) is 24.9 Å². The van der Waals surface area contributed by atoms with Gasteiger partial charge in [0.1, 0.15) is 0 Å². The van der Waals surface area contributed by atoms with Crippen LogP contribution in [0.4, 0.5) is 0 Å². The van der Waals surface area contributed by atoms with Gasteiger partial charge in [0, 0.05) is 24.8 Å². The monoisotopic (exact) mass is 368 g/mol. The first-order valence-corrected chi connectivity index (χ1v) is 6.97. The van der Waals surface area contributed by atoms with Crippen LogP contribution in [-0.4, -0.2) is 56.2 Å². The van der Waals surface area contributed by atoms with Crippen LogP contribution in [0, 0.1) is 0 Å². The predicted molar refractivity (Wildman–Crippen MR) is 76.1 cm³/mol. The van der Waals surface area contributed by atoms with E-state index in [1.807, 2.05) is 12.5 Å². The fourth-order valence-electron chi connectivity index (χ4n) is 1.30. The van der Waals surface area contributed by atoms with Gasteiger partial charge in [-0.3, -0.25) is 0 Å². The summed E-state index contributed by atoms with van der Waals surface area (Å²) in [5.74, 6) is 0. The molecule has 4 heterocycles. The molecule has 7 nitrogen and oxygen atoms in total. The molecule has 0 amide bonds. The van der Waals surface area contributed by atoms with Gasteiger partial charge in [0.2, 0.25) is 0 Å². The van der Waals surface area contributed by atoms with Gasteiger partial charge in [-0.15, -0.1) is 0 Å². The minimum absolute atomic E-state index is 0. The van der Waals surface area contributed by atoms with Crippen molar-refractivity contribution in [3.8, 4) is 0 Å². The minimum Gasteiger partial charge on any atom is -0.870 e. The second kappa shape index (κ2) is 12.3. The third-order valence-corrected chi connectivity index (χ3v) is 3.10. The molecule has 4 rings (SSSR count). The first kappa shape index (κ1) is 20.8. The van der Waals surface area contributed by atoms with E-state index in [0.717, 1.165) is 26.4 Å². The Labute approximate surface area is 154 Å². The molecular formula is C12H18BrN4NaO3. The van der Waals surface area contributed by atoms with Gasteiger partial charge < -0.3 is 24.5 Å². The van der Waals surface area contributed by atoms with Crippen molar-refractivity contribution in [2.24, 2.45) is 0 Å². The molecule has 9 heteroatoms. The summed E-state index contributed by atoms with van der Waals surface area (Å²) in [7, 11) is 0. The zero-order valence-electron chi connectivity index (χ0n) is 11.9. The third kappa shape index (κ3) is 8.10. The van der Waals surface area contributed by atoms with Crippen LogP contribution in [0.1, 0.15) is 6.04 Å². The van der Waals surface area contributed by atoms with Gasteiger partial charge >= 0.3 is 29.6 Å². The Morgan fingerprint density at radius 3 is 2.00 bits per heavy atom. The molecule has 21 heavy (non-hydrogen) atoms. The van der Waals surface area contributed by atoms with Crippen LogP contribution in [0.2, 0.25) is 0 Å². The second-order valence-electron chi connectivity index (χ2n) is 4.10. The van der Waals surface area contributed by atoms with E-state index in [2.05, 4.69) is 35.4 Å². The fraction of sp³-hybridized carbons (Fsp3) is 0.500. The van der Waals surface area contributed by atoms with Crippen molar-refractivity contribution in [2.45, 2.75) is 10.9 Å². The molecule has 0 aliphatic carbocycles. The number of rotatable bonds is 1. The summed E-state index contributed by atoms with van der Waals surface area (Å²) in [6.07, 6.45) is 10.7. The molecule has 2 aliphatic rings. The third-order valence-electron chi connectivity index (χ3n) is 2.57. The maximum Gasteiger partial charge on any atom is 1.00 e. The number of alkyl halides is 1. The molecule has 2 aromatic heterocycles. The molecule has 0 bridgehead atoms. The number of H-pyrrole nitrogens is 1. The molecule has 2 saturated heterocycles. The largest absolute Gasteiger partial charge is 1.00 e. The molecule has 2 aliphatic heterocycles. The molecule has 2 aromatic rings. The Morgan fingerprint density at radius 1 is 1.10 bits per heavy atom. The van der Waals surface area contributed by atoms with Crippen molar-refractivity contribution in [3.05, 3.63) is 37.4 Å². The Balaban J connectivity index is 0.000000292. The molecule has 0 saturated carbocycles. The van der Waals surface area contributed by atoms with Crippen molar-refractivity contribution in [1.82, 2.24) is 19.5 Å². The van der Waals surface area contributed by atoms with Crippen LogP contribution in [-0.2, 0) is 9.47 Å². The molecular weight excluding hydrogens is 351 g/mol. The molecule has 112 valence electrons. The number of hydrogen-bond acceptors (Lipinski definition) is 5. The molecule has 2 N–H and O–H groups in total. The van der Waals surface area contributed by atoms with Crippen molar-refractivity contribution >= 4 is 15.9 Å². The first-order valence-electron chi connectivity index (χ1n) is 6.06. The van der Waals surface area contributed by atoms with Crippen molar-refractivity contribution in [3.63, 3.8) is 0 Å². The predicted octanol–water partition coefficient (Wildman–Crippen LogP) is -1.53. The summed E-state index contributed by atoms with van der Waals surface area (Å²) in [4.78, 5) is 11.0. The smallest absolute Gasteiger partial charge is 0.870 e. The SMILES string of the molecule is BrC1COC1.[Na+].[OH-].c1c[nH]cn1.c1cn(C2COC2)cn1. The van der Waals surface area contributed by atoms with Gasteiger partial charge in [-0.25, -0.2) is 9.97 Å². The van der Waals surface area contributed by atoms with Crippen LogP contribution in [0.3, 0.4) is 0 Å². The van der Waals surface area contributed by atoms with Gasteiger partial charge in [0.05, 0.1) is 50.0 Å². The maximum absolute atomic E-state index is 5.01. The quantitative estimate of drug-likeness (QED) is 0.486. The van der Waals surface area contributed by atoms with Crippen molar-refractivity contribution < 1.29 is 44.5 Å². The van der Waals surface area contributed by atoms with Gasteiger partial charge in [0.15, 0.2) is 0 Å². The molecule has 2 fully saturated rings. The second-order valence-corrected chi connectivity index (χ2v) is 5.39. The normalized spacial score (nSPS) is 16.4. The van der Waals surface area contributed by atoms with Crippen LogP contribution in [0.25, 0.3) is 0 Å². The summed E-state index contributed by atoms with van der Waals surface area (Å²) >= 11 is 3.34. The van der Waals surface area contributed by atoms with Gasteiger partial charge in [-0.1, -0.05) is 15.9 Å². The van der Waals surface area contributed by atoms with Crippen molar-refractivity contribution in [1.29, 1.82) is 0 Å². The number of ether oxygens (including phenoxy) is 2. The van der Waals surface area contributed by atoms with Crippen LogP contribution >= 0.6 is 15.9 Å². The molecule has 0 atom stereocenters. The standard InChI is InChI=1S/C6H8N2O.C3H5BrO.C3H4N2.Na.H2O/c1-2-8(5-7-1)6-3-9-4-6;4-3-1-5-2-3;1-2-5-3-4-1;;/h1-2,5-6H,3-4H2;3H,1-2H2;1-3H,(H,4,5);;1H2/q;;;+1;/p-1. The topological polar surface area (TPSA) is 95.0 Å². The number of aromatic nitrogens is 4. The van der Waals surface area contributed by atoms with E-state index in [4.69, 9.17) is 9.47 Å². The fourth-order valence-corrected chi connectivity index (χ4v) is 1.68. The van der Waals surface area contributed by atoms with E-state index in [1.165, 1.54) is 0 Å². The van der Waals surface area contributed by atoms with E-state index in [-0.39, 0.29) is 35.0 Å². The molecule has 0 spiro atoms. The maximum atomic E-state index is 5.01. The minimum atomic E-state index is 0. The zero-order chi connectivity index (χ0) is 13.3. The van der Waals surface area contributed by atoms with Gasteiger partial charge in [-0.05, 0) is 0 Å². The molecule has 0 unspecified atom stereocenters. The Kier molecular flexibility index (Phi) is 12.2. The van der Waals surface area contributed by atoms with Crippen LogP contribution in [0.15, 0.2) is 37.4 Å². The Hall–Kier alpha value is -0.220. The number of nitrogens with zero attached hydrogens (tertiary/aromatic N) is 3. The van der Waals surface area contributed by atoms with E-state index >= 15 is 0 Å². The number of aromatic amines is 1. The average molecular weight is 369 g/mol. The van der Waals surface area contributed by atoms with E-state index in [0.29, 0.717) is 10.9 Å². The van der Waals surface area contributed by atoms with E-state index < -0.39 is 0 Å².